The third-order valence-electron chi connectivity index (χ3n) is 3.98. The van der Waals surface area contributed by atoms with Gasteiger partial charge >= 0.3 is 0 Å². The molecule has 0 aliphatic heterocycles. The van der Waals surface area contributed by atoms with Gasteiger partial charge in [0.05, 0.1) is 0 Å². The van der Waals surface area contributed by atoms with Gasteiger partial charge < -0.3 is 5.32 Å². The molecule has 0 saturated carbocycles. The van der Waals surface area contributed by atoms with Crippen molar-refractivity contribution in [3.05, 3.63) is 65.0 Å². The Morgan fingerprint density at radius 2 is 1.89 bits per heavy atom. The largest absolute Gasteiger partial charge is 0.306 e. The molecule has 1 aromatic heterocycles. The zero-order valence-corrected chi connectivity index (χ0v) is 11.4. The Bertz CT molecular complexity index is 548. The highest BCUT2D eigenvalue weighted by Crippen LogP contribution is 2.25. The van der Waals surface area contributed by atoms with Gasteiger partial charge in [0.1, 0.15) is 0 Å². The minimum absolute atomic E-state index is 0.388. The fraction of sp³-hybridized carbons (Fsp3) is 0.353. The maximum Gasteiger partial charge on any atom is 0.0295 e. The van der Waals surface area contributed by atoms with Crippen molar-refractivity contribution in [1.29, 1.82) is 0 Å². The van der Waals surface area contributed by atoms with Gasteiger partial charge in [-0.1, -0.05) is 18.2 Å². The first-order valence-electron chi connectivity index (χ1n) is 7.07. The fourth-order valence-electron chi connectivity index (χ4n) is 2.75. The van der Waals surface area contributed by atoms with Gasteiger partial charge in [-0.2, -0.15) is 0 Å². The quantitative estimate of drug-likeness (QED) is 0.902. The number of hydrogen-bond donors (Lipinski definition) is 1. The molecule has 0 saturated heterocycles. The van der Waals surface area contributed by atoms with Crippen LogP contribution in [0.5, 0.6) is 0 Å². The van der Waals surface area contributed by atoms with Crippen LogP contribution in [0.2, 0.25) is 0 Å². The summed E-state index contributed by atoms with van der Waals surface area (Å²) >= 11 is 0. The Balaban J connectivity index is 1.65. The second kappa shape index (κ2) is 5.54. The zero-order valence-electron chi connectivity index (χ0n) is 11.4. The van der Waals surface area contributed by atoms with Crippen molar-refractivity contribution in [2.75, 3.05) is 0 Å². The van der Waals surface area contributed by atoms with E-state index in [-0.39, 0.29) is 0 Å². The van der Waals surface area contributed by atoms with Crippen LogP contribution in [0.1, 0.15) is 41.6 Å². The number of rotatable bonds is 4. The van der Waals surface area contributed by atoms with Crippen LogP contribution < -0.4 is 5.32 Å². The predicted molar refractivity (Wildman–Crippen MR) is 78.0 cm³/mol. The summed E-state index contributed by atoms with van der Waals surface area (Å²) in [7, 11) is 0. The van der Waals surface area contributed by atoms with Crippen LogP contribution in [0.25, 0.3) is 0 Å². The van der Waals surface area contributed by atoms with E-state index in [1.54, 1.807) is 11.1 Å². The van der Waals surface area contributed by atoms with Crippen molar-refractivity contribution in [2.24, 2.45) is 0 Å². The molecule has 2 aromatic rings. The summed E-state index contributed by atoms with van der Waals surface area (Å²) in [6.07, 6.45) is 7.51. The van der Waals surface area contributed by atoms with E-state index in [0.29, 0.717) is 6.04 Å². The van der Waals surface area contributed by atoms with Gasteiger partial charge in [0.25, 0.3) is 0 Å². The molecule has 1 aliphatic carbocycles. The monoisotopic (exact) mass is 252 g/mol. The predicted octanol–water partition coefficient (Wildman–Crippen LogP) is 3.42. The first-order chi connectivity index (χ1) is 9.33. The van der Waals surface area contributed by atoms with Crippen molar-refractivity contribution < 1.29 is 0 Å². The molecule has 1 aliphatic rings. The minimum atomic E-state index is 0.388. The van der Waals surface area contributed by atoms with Gasteiger partial charge in [-0.3, -0.25) is 4.98 Å². The molecule has 1 heterocycles. The number of nitrogens with one attached hydrogen (secondary N) is 1. The van der Waals surface area contributed by atoms with Crippen molar-refractivity contribution in [3.8, 4) is 0 Å². The molecule has 0 bridgehead atoms. The SMILES string of the molecule is CC(NCc1ccncc1)c1ccc2c(c1)CCC2. The van der Waals surface area contributed by atoms with Crippen LogP contribution in [-0.4, -0.2) is 4.98 Å². The summed E-state index contributed by atoms with van der Waals surface area (Å²) in [4.78, 5) is 4.04. The number of pyridine rings is 1. The van der Waals surface area contributed by atoms with Gasteiger partial charge in [0, 0.05) is 25.0 Å². The molecule has 0 fully saturated rings. The number of aromatic nitrogens is 1. The lowest BCUT2D eigenvalue weighted by atomic mass is 10.0. The van der Waals surface area contributed by atoms with E-state index in [9.17, 15) is 0 Å². The van der Waals surface area contributed by atoms with E-state index < -0.39 is 0 Å². The van der Waals surface area contributed by atoms with Gasteiger partial charge in [-0.05, 0) is 60.6 Å². The first kappa shape index (κ1) is 12.4. The number of nitrogens with zero attached hydrogens (tertiary/aromatic N) is 1. The molecule has 2 heteroatoms. The number of aryl methyl sites for hydroxylation is 2. The molecule has 19 heavy (non-hydrogen) atoms. The molecule has 3 rings (SSSR count). The zero-order chi connectivity index (χ0) is 13.1. The Kier molecular flexibility index (Phi) is 3.60. The highest BCUT2D eigenvalue weighted by Gasteiger charge is 2.13. The van der Waals surface area contributed by atoms with E-state index in [0.717, 1.165) is 6.54 Å². The second-order valence-corrected chi connectivity index (χ2v) is 5.34. The summed E-state index contributed by atoms with van der Waals surface area (Å²) in [5.74, 6) is 0. The molecule has 1 unspecified atom stereocenters. The number of benzene rings is 1. The standard InChI is InChI=1S/C17H20N2/c1-13(19-12-14-7-9-18-10-8-14)16-6-5-15-3-2-4-17(15)11-16/h5-11,13,19H,2-4,12H2,1H3. The molecule has 0 spiro atoms. The molecule has 2 nitrogen and oxygen atoms in total. The van der Waals surface area contributed by atoms with Crippen LogP contribution >= 0.6 is 0 Å². The maximum atomic E-state index is 4.04. The second-order valence-electron chi connectivity index (χ2n) is 5.34. The van der Waals surface area contributed by atoms with Crippen LogP contribution in [0.4, 0.5) is 0 Å². The fourth-order valence-corrected chi connectivity index (χ4v) is 2.75. The van der Waals surface area contributed by atoms with Gasteiger partial charge in [-0.15, -0.1) is 0 Å². The number of fused-ring (bicyclic) bond motifs is 1. The summed E-state index contributed by atoms with van der Waals surface area (Å²) in [5, 5.41) is 3.58. The van der Waals surface area contributed by atoms with E-state index >= 15 is 0 Å². The van der Waals surface area contributed by atoms with E-state index in [2.05, 4.69) is 47.6 Å². The van der Waals surface area contributed by atoms with E-state index in [1.807, 2.05) is 12.4 Å². The Morgan fingerprint density at radius 1 is 1.11 bits per heavy atom. The molecule has 98 valence electrons. The third-order valence-corrected chi connectivity index (χ3v) is 3.98. The maximum absolute atomic E-state index is 4.04. The topological polar surface area (TPSA) is 24.9 Å². The third kappa shape index (κ3) is 2.85. The molecule has 0 radical (unpaired) electrons. The van der Waals surface area contributed by atoms with Gasteiger partial charge in [0.2, 0.25) is 0 Å². The molecule has 1 aromatic carbocycles. The molecular formula is C17H20N2. The average Bonchev–Trinajstić information content (AvgIpc) is 2.93. The van der Waals surface area contributed by atoms with Crippen LogP contribution in [-0.2, 0) is 19.4 Å². The Labute approximate surface area is 114 Å². The van der Waals surface area contributed by atoms with Crippen molar-refractivity contribution in [3.63, 3.8) is 0 Å². The molecule has 1 atom stereocenters. The van der Waals surface area contributed by atoms with Crippen molar-refractivity contribution in [2.45, 2.75) is 38.8 Å². The minimum Gasteiger partial charge on any atom is -0.306 e. The number of hydrogen-bond acceptors (Lipinski definition) is 2. The lowest BCUT2D eigenvalue weighted by Gasteiger charge is -2.15. The smallest absolute Gasteiger partial charge is 0.0295 e. The van der Waals surface area contributed by atoms with Crippen molar-refractivity contribution >= 4 is 0 Å². The molecule has 1 N–H and O–H groups in total. The lowest BCUT2D eigenvalue weighted by Crippen LogP contribution is -2.18. The summed E-state index contributed by atoms with van der Waals surface area (Å²) < 4.78 is 0. The van der Waals surface area contributed by atoms with E-state index in [1.165, 1.54) is 30.4 Å². The summed E-state index contributed by atoms with van der Waals surface area (Å²) in [6, 6.07) is 11.5. The van der Waals surface area contributed by atoms with Crippen LogP contribution in [0.3, 0.4) is 0 Å². The van der Waals surface area contributed by atoms with Gasteiger partial charge in [0.15, 0.2) is 0 Å². The van der Waals surface area contributed by atoms with Gasteiger partial charge in [-0.25, -0.2) is 0 Å². The Hall–Kier alpha value is -1.67. The van der Waals surface area contributed by atoms with Crippen LogP contribution in [0, 0.1) is 0 Å². The van der Waals surface area contributed by atoms with E-state index in [4.69, 9.17) is 0 Å². The average molecular weight is 252 g/mol. The highest BCUT2D eigenvalue weighted by atomic mass is 14.9. The first-order valence-corrected chi connectivity index (χ1v) is 7.07. The highest BCUT2D eigenvalue weighted by molar-refractivity contribution is 5.36. The van der Waals surface area contributed by atoms with Crippen LogP contribution in [0.15, 0.2) is 42.7 Å². The molecular weight excluding hydrogens is 232 g/mol. The Morgan fingerprint density at radius 3 is 2.74 bits per heavy atom. The normalized spacial score (nSPS) is 15.2. The lowest BCUT2D eigenvalue weighted by molar-refractivity contribution is 0.574. The summed E-state index contributed by atoms with van der Waals surface area (Å²) in [5.41, 5.74) is 5.78. The van der Waals surface area contributed by atoms with Crippen molar-refractivity contribution in [1.82, 2.24) is 10.3 Å². The molecule has 0 amide bonds. The summed E-state index contributed by atoms with van der Waals surface area (Å²) in [6.45, 7) is 3.12.